The van der Waals surface area contributed by atoms with Gasteiger partial charge in [-0.3, -0.25) is 4.68 Å². The third-order valence-corrected chi connectivity index (χ3v) is 3.53. The van der Waals surface area contributed by atoms with Crippen LogP contribution in [0.4, 0.5) is 5.69 Å². The van der Waals surface area contributed by atoms with Gasteiger partial charge in [-0.05, 0) is 25.0 Å². The first kappa shape index (κ1) is 15.2. The fraction of sp³-hybridized carbons (Fsp3) is 0.438. The Kier molecular flexibility index (Phi) is 4.73. The van der Waals surface area contributed by atoms with Crippen LogP contribution in [0, 0.1) is 6.92 Å². The molecule has 0 atom stereocenters. The van der Waals surface area contributed by atoms with E-state index in [1.54, 1.807) is 14.2 Å². The summed E-state index contributed by atoms with van der Waals surface area (Å²) in [5, 5.41) is 7.91. The molecule has 0 unspecified atom stereocenters. The molecular formula is C16H23N3O2. The minimum atomic E-state index is 0.729. The largest absolute Gasteiger partial charge is 0.493 e. The van der Waals surface area contributed by atoms with E-state index in [1.165, 1.54) is 5.56 Å². The molecule has 0 bridgehead atoms. The number of nitrogens with one attached hydrogen (secondary N) is 1. The molecule has 0 aliphatic heterocycles. The molecule has 0 saturated heterocycles. The first-order chi connectivity index (χ1) is 10.1. The van der Waals surface area contributed by atoms with Crippen molar-refractivity contribution < 1.29 is 9.47 Å². The number of methoxy groups -OCH3 is 2. The van der Waals surface area contributed by atoms with Gasteiger partial charge in [0, 0.05) is 37.1 Å². The van der Waals surface area contributed by atoms with Gasteiger partial charge in [-0.25, -0.2) is 0 Å². The highest BCUT2D eigenvalue weighted by atomic mass is 16.5. The number of hydrogen-bond acceptors (Lipinski definition) is 4. The molecule has 1 heterocycles. The van der Waals surface area contributed by atoms with Crippen molar-refractivity contribution in [2.24, 2.45) is 7.05 Å². The standard InChI is InChI=1S/C16H23N3O2/c1-6-13-12(10-19(3)18-13)9-17-14-8-16(21-5)15(20-4)7-11(14)2/h7-8,10,17H,6,9H2,1-5H3. The van der Waals surface area contributed by atoms with Gasteiger partial charge in [0.15, 0.2) is 11.5 Å². The molecule has 0 aliphatic rings. The Morgan fingerprint density at radius 3 is 2.48 bits per heavy atom. The molecule has 0 radical (unpaired) electrons. The SMILES string of the molecule is CCc1nn(C)cc1CNc1cc(OC)c(OC)cc1C. The number of aromatic nitrogens is 2. The lowest BCUT2D eigenvalue weighted by Crippen LogP contribution is -2.03. The molecule has 0 aliphatic carbocycles. The zero-order valence-corrected chi connectivity index (χ0v) is 13.4. The van der Waals surface area contributed by atoms with E-state index in [4.69, 9.17) is 9.47 Å². The van der Waals surface area contributed by atoms with Crippen molar-refractivity contribution in [1.29, 1.82) is 0 Å². The van der Waals surface area contributed by atoms with Gasteiger partial charge in [0.05, 0.1) is 19.9 Å². The molecule has 0 amide bonds. The zero-order valence-electron chi connectivity index (χ0n) is 13.4. The van der Waals surface area contributed by atoms with Crippen LogP contribution in [0.15, 0.2) is 18.3 Å². The normalized spacial score (nSPS) is 10.5. The first-order valence-electron chi connectivity index (χ1n) is 7.06. The van der Waals surface area contributed by atoms with Gasteiger partial charge in [0.2, 0.25) is 0 Å². The van der Waals surface area contributed by atoms with E-state index in [0.717, 1.165) is 41.4 Å². The molecule has 1 aromatic heterocycles. The molecule has 5 heteroatoms. The van der Waals surface area contributed by atoms with Crippen LogP contribution in [-0.2, 0) is 20.0 Å². The van der Waals surface area contributed by atoms with E-state index in [-0.39, 0.29) is 0 Å². The van der Waals surface area contributed by atoms with Crippen LogP contribution in [0.2, 0.25) is 0 Å². The smallest absolute Gasteiger partial charge is 0.162 e. The quantitative estimate of drug-likeness (QED) is 0.888. The van der Waals surface area contributed by atoms with Gasteiger partial charge in [-0.1, -0.05) is 6.92 Å². The van der Waals surface area contributed by atoms with Crippen LogP contribution >= 0.6 is 0 Å². The van der Waals surface area contributed by atoms with Gasteiger partial charge in [-0.2, -0.15) is 5.10 Å². The predicted octanol–water partition coefficient (Wildman–Crippen LogP) is 2.92. The van der Waals surface area contributed by atoms with Crippen LogP contribution in [0.1, 0.15) is 23.7 Å². The lowest BCUT2D eigenvalue weighted by atomic mass is 10.1. The van der Waals surface area contributed by atoms with E-state index >= 15 is 0 Å². The Hall–Kier alpha value is -2.17. The molecular weight excluding hydrogens is 266 g/mol. The fourth-order valence-corrected chi connectivity index (χ4v) is 2.39. The molecule has 2 aromatic rings. The monoisotopic (exact) mass is 289 g/mol. The van der Waals surface area contributed by atoms with Crippen molar-refractivity contribution in [2.75, 3.05) is 19.5 Å². The summed E-state index contributed by atoms with van der Waals surface area (Å²) in [5.41, 5.74) is 4.51. The molecule has 5 nitrogen and oxygen atoms in total. The molecule has 0 saturated carbocycles. The van der Waals surface area contributed by atoms with Crippen LogP contribution in [0.25, 0.3) is 0 Å². The molecule has 2 rings (SSSR count). The van der Waals surface area contributed by atoms with Crippen LogP contribution < -0.4 is 14.8 Å². The van der Waals surface area contributed by atoms with Crippen molar-refractivity contribution in [3.8, 4) is 11.5 Å². The van der Waals surface area contributed by atoms with E-state index < -0.39 is 0 Å². The lowest BCUT2D eigenvalue weighted by molar-refractivity contribution is 0.355. The maximum absolute atomic E-state index is 5.35. The van der Waals surface area contributed by atoms with E-state index in [2.05, 4.69) is 23.5 Å². The second-order valence-corrected chi connectivity index (χ2v) is 5.00. The molecule has 114 valence electrons. The van der Waals surface area contributed by atoms with Gasteiger partial charge in [0.1, 0.15) is 0 Å². The second kappa shape index (κ2) is 6.52. The van der Waals surface area contributed by atoms with Crippen LogP contribution in [0.5, 0.6) is 11.5 Å². The van der Waals surface area contributed by atoms with E-state index in [9.17, 15) is 0 Å². The number of hydrogen-bond donors (Lipinski definition) is 1. The Morgan fingerprint density at radius 2 is 1.86 bits per heavy atom. The van der Waals surface area contributed by atoms with Crippen molar-refractivity contribution in [1.82, 2.24) is 9.78 Å². The molecule has 1 aromatic carbocycles. The third kappa shape index (κ3) is 3.29. The number of ether oxygens (including phenoxy) is 2. The topological polar surface area (TPSA) is 48.3 Å². The maximum atomic E-state index is 5.35. The predicted molar refractivity (Wildman–Crippen MR) is 84.2 cm³/mol. The first-order valence-corrected chi connectivity index (χ1v) is 7.06. The highest BCUT2D eigenvalue weighted by Gasteiger charge is 2.10. The van der Waals surface area contributed by atoms with E-state index in [0.29, 0.717) is 0 Å². The highest BCUT2D eigenvalue weighted by molar-refractivity contribution is 5.60. The average Bonchev–Trinajstić information content (AvgIpc) is 2.85. The molecule has 1 N–H and O–H groups in total. The molecule has 0 spiro atoms. The Bertz CT molecular complexity index is 620. The minimum Gasteiger partial charge on any atom is -0.493 e. The van der Waals surface area contributed by atoms with Gasteiger partial charge < -0.3 is 14.8 Å². The van der Waals surface area contributed by atoms with Gasteiger partial charge in [-0.15, -0.1) is 0 Å². The number of benzene rings is 1. The summed E-state index contributed by atoms with van der Waals surface area (Å²) in [4.78, 5) is 0. The van der Waals surface area contributed by atoms with Crippen molar-refractivity contribution in [3.05, 3.63) is 35.2 Å². The Balaban J connectivity index is 2.19. The van der Waals surface area contributed by atoms with Crippen molar-refractivity contribution in [3.63, 3.8) is 0 Å². The van der Waals surface area contributed by atoms with Gasteiger partial charge >= 0.3 is 0 Å². The summed E-state index contributed by atoms with van der Waals surface area (Å²) in [6.07, 6.45) is 2.99. The maximum Gasteiger partial charge on any atom is 0.162 e. The number of aryl methyl sites for hydroxylation is 3. The van der Waals surface area contributed by atoms with Crippen LogP contribution in [-0.4, -0.2) is 24.0 Å². The number of anilines is 1. The summed E-state index contributed by atoms with van der Waals surface area (Å²) < 4.78 is 12.5. The lowest BCUT2D eigenvalue weighted by Gasteiger charge is -2.14. The summed E-state index contributed by atoms with van der Waals surface area (Å²) in [5.74, 6) is 1.48. The fourth-order valence-electron chi connectivity index (χ4n) is 2.39. The Morgan fingerprint density at radius 1 is 1.19 bits per heavy atom. The highest BCUT2D eigenvalue weighted by Crippen LogP contribution is 2.33. The second-order valence-electron chi connectivity index (χ2n) is 5.00. The van der Waals surface area contributed by atoms with Gasteiger partial charge in [0.25, 0.3) is 0 Å². The molecule has 21 heavy (non-hydrogen) atoms. The molecule has 0 fully saturated rings. The summed E-state index contributed by atoms with van der Waals surface area (Å²) >= 11 is 0. The zero-order chi connectivity index (χ0) is 15.4. The van der Waals surface area contributed by atoms with Crippen LogP contribution in [0.3, 0.4) is 0 Å². The summed E-state index contributed by atoms with van der Waals surface area (Å²) in [6.45, 7) is 4.91. The Labute approximate surface area is 125 Å². The number of rotatable bonds is 6. The van der Waals surface area contributed by atoms with Crippen molar-refractivity contribution in [2.45, 2.75) is 26.8 Å². The van der Waals surface area contributed by atoms with E-state index in [1.807, 2.05) is 30.8 Å². The summed E-state index contributed by atoms with van der Waals surface area (Å²) in [7, 11) is 5.24. The van der Waals surface area contributed by atoms with Crippen molar-refractivity contribution >= 4 is 5.69 Å². The minimum absolute atomic E-state index is 0.729. The number of nitrogens with zero attached hydrogens (tertiary/aromatic N) is 2. The summed E-state index contributed by atoms with van der Waals surface area (Å²) in [6, 6.07) is 3.95. The third-order valence-electron chi connectivity index (χ3n) is 3.53. The average molecular weight is 289 g/mol.